The molecule has 0 spiro atoms. The van der Waals surface area contributed by atoms with Gasteiger partial charge in [-0.05, 0) is 6.42 Å². The van der Waals surface area contributed by atoms with Crippen LogP contribution in [-0.2, 0) is 11.2 Å². The summed E-state index contributed by atoms with van der Waals surface area (Å²) in [5, 5.41) is 16.7. The van der Waals surface area contributed by atoms with Gasteiger partial charge >= 0.3 is 0 Å². The lowest BCUT2D eigenvalue weighted by Crippen LogP contribution is -2.43. The van der Waals surface area contributed by atoms with E-state index in [-0.39, 0.29) is 11.8 Å². The van der Waals surface area contributed by atoms with Gasteiger partial charge in [0.25, 0.3) is 5.91 Å². The molecule has 0 unspecified atom stereocenters. The van der Waals surface area contributed by atoms with E-state index in [0.29, 0.717) is 62.9 Å². The Morgan fingerprint density at radius 1 is 1.35 bits per heavy atom. The zero-order chi connectivity index (χ0) is 16.4. The summed E-state index contributed by atoms with van der Waals surface area (Å²) in [5.74, 6) is 1.29. The highest BCUT2D eigenvalue weighted by Gasteiger charge is 2.31. The van der Waals surface area contributed by atoms with E-state index < -0.39 is 5.60 Å². The maximum Gasteiger partial charge on any atom is 0.270 e. The van der Waals surface area contributed by atoms with Crippen LogP contribution in [0.1, 0.15) is 54.5 Å². The predicted octanol–water partition coefficient (Wildman–Crippen LogP) is 0.839. The van der Waals surface area contributed by atoms with Gasteiger partial charge in [0.05, 0.1) is 5.60 Å². The van der Waals surface area contributed by atoms with Gasteiger partial charge in [0.15, 0.2) is 0 Å². The molecule has 2 aliphatic heterocycles. The fraction of sp³-hybridized carbons (Fsp3) is 0.688. The molecule has 0 aromatic carbocycles. The van der Waals surface area contributed by atoms with Gasteiger partial charge in [-0.1, -0.05) is 13.8 Å². The molecule has 0 saturated carbocycles. The van der Waals surface area contributed by atoms with Crippen LogP contribution in [-0.4, -0.2) is 52.9 Å². The third kappa shape index (κ3) is 3.45. The summed E-state index contributed by atoms with van der Waals surface area (Å²) < 4.78 is 5.31. The molecule has 3 rings (SSSR count). The van der Waals surface area contributed by atoms with Crippen LogP contribution in [0.2, 0.25) is 0 Å². The number of aromatic nitrogens is 2. The number of nitrogens with zero attached hydrogens (tertiary/aromatic N) is 2. The number of carbonyl (C=O) groups excluding carboxylic acids is 1. The monoisotopic (exact) mass is 320 g/mol. The zero-order valence-corrected chi connectivity index (χ0v) is 13.7. The molecule has 7 nitrogen and oxygen atoms in total. The number of ether oxygens (including phenoxy) is 1. The minimum Gasteiger partial charge on any atom is -0.388 e. The molecule has 3 N–H and O–H groups in total. The fourth-order valence-corrected chi connectivity index (χ4v) is 2.89. The van der Waals surface area contributed by atoms with E-state index in [2.05, 4.69) is 20.6 Å². The Balaban J connectivity index is 1.86. The average molecular weight is 320 g/mol. The molecule has 126 valence electrons. The highest BCUT2D eigenvalue weighted by Crippen LogP contribution is 2.25. The van der Waals surface area contributed by atoms with Crippen LogP contribution in [0.3, 0.4) is 0 Å². The van der Waals surface area contributed by atoms with Gasteiger partial charge in [-0.3, -0.25) is 4.79 Å². The highest BCUT2D eigenvalue weighted by molar-refractivity contribution is 5.96. The third-order valence-electron chi connectivity index (χ3n) is 4.42. The standard InChI is InChI=1S/C16H24N4O3/c1-10(2)13-19-12-11(3-6-17-15(12)21)14(20-13)18-9-16(22)4-7-23-8-5-16/h10,22H,3-9H2,1-2H3,(H,17,21)(H,18,19,20). The molecular weight excluding hydrogens is 296 g/mol. The number of anilines is 1. The first kappa shape index (κ1) is 16.1. The minimum absolute atomic E-state index is 0.127. The number of nitrogens with one attached hydrogen (secondary N) is 2. The Kier molecular flexibility index (Phi) is 4.50. The first-order valence-corrected chi connectivity index (χ1v) is 8.21. The van der Waals surface area contributed by atoms with Crippen LogP contribution in [0.15, 0.2) is 0 Å². The van der Waals surface area contributed by atoms with Gasteiger partial charge in [-0.25, -0.2) is 9.97 Å². The van der Waals surface area contributed by atoms with Crippen molar-refractivity contribution in [3.05, 3.63) is 17.1 Å². The summed E-state index contributed by atoms with van der Waals surface area (Å²) in [6.07, 6.45) is 1.90. The molecule has 0 radical (unpaired) electrons. The van der Waals surface area contributed by atoms with Gasteiger partial charge < -0.3 is 20.5 Å². The predicted molar refractivity (Wildman–Crippen MR) is 85.7 cm³/mol. The molecule has 1 saturated heterocycles. The van der Waals surface area contributed by atoms with E-state index >= 15 is 0 Å². The molecule has 23 heavy (non-hydrogen) atoms. The topological polar surface area (TPSA) is 96.4 Å². The summed E-state index contributed by atoms with van der Waals surface area (Å²) in [4.78, 5) is 21.1. The number of carbonyl (C=O) groups is 1. The largest absolute Gasteiger partial charge is 0.388 e. The van der Waals surface area contributed by atoms with Crippen LogP contribution in [0.25, 0.3) is 0 Å². The van der Waals surface area contributed by atoms with Crippen LogP contribution >= 0.6 is 0 Å². The van der Waals surface area contributed by atoms with Gasteiger partial charge in [0.2, 0.25) is 0 Å². The Bertz CT molecular complexity index is 597. The van der Waals surface area contributed by atoms with Crippen molar-refractivity contribution in [3.63, 3.8) is 0 Å². The molecule has 2 aliphatic rings. The van der Waals surface area contributed by atoms with Gasteiger partial charge in [-0.2, -0.15) is 0 Å². The zero-order valence-electron chi connectivity index (χ0n) is 13.7. The Hall–Kier alpha value is -1.73. The fourth-order valence-electron chi connectivity index (χ4n) is 2.89. The number of hydrogen-bond donors (Lipinski definition) is 3. The number of aliphatic hydroxyl groups is 1. The van der Waals surface area contributed by atoms with E-state index in [1.165, 1.54) is 0 Å². The quantitative estimate of drug-likeness (QED) is 0.761. The van der Waals surface area contributed by atoms with Crippen molar-refractivity contribution in [1.82, 2.24) is 15.3 Å². The number of hydrogen-bond acceptors (Lipinski definition) is 6. The molecule has 1 aromatic rings. The van der Waals surface area contributed by atoms with Crippen molar-refractivity contribution in [1.29, 1.82) is 0 Å². The van der Waals surface area contributed by atoms with E-state index in [1.807, 2.05) is 13.8 Å². The summed E-state index contributed by atoms with van der Waals surface area (Å²) in [6, 6.07) is 0. The number of amides is 1. The minimum atomic E-state index is -0.787. The lowest BCUT2D eigenvalue weighted by atomic mass is 9.94. The maximum atomic E-state index is 12.1. The van der Waals surface area contributed by atoms with Crippen molar-refractivity contribution in [2.45, 2.75) is 44.6 Å². The highest BCUT2D eigenvalue weighted by atomic mass is 16.5. The Morgan fingerprint density at radius 2 is 2.09 bits per heavy atom. The van der Waals surface area contributed by atoms with Crippen LogP contribution in [0.4, 0.5) is 5.82 Å². The van der Waals surface area contributed by atoms with Crippen molar-refractivity contribution in [2.24, 2.45) is 0 Å². The summed E-state index contributed by atoms with van der Waals surface area (Å²) in [5.41, 5.74) is 0.510. The maximum absolute atomic E-state index is 12.1. The van der Waals surface area contributed by atoms with Crippen LogP contribution in [0.5, 0.6) is 0 Å². The molecular formula is C16H24N4O3. The Morgan fingerprint density at radius 3 is 2.78 bits per heavy atom. The first-order valence-electron chi connectivity index (χ1n) is 8.21. The van der Waals surface area contributed by atoms with Crippen LogP contribution < -0.4 is 10.6 Å². The SMILES string of the molecule is CC(C)c1nc(NCC2(O)CCOCC2)c2c(n1)C(=O)NCC2. The third-order valence-corrected chi connectivity index (χ3v) is 4.42. The molecule has 0 bridgehead atoms. The number of fused-ring (bicyclic) bond motifs is 1. The normalized spacial score (nSPS) is 20.1. The number of rotatable bonds is 4. The molecule has 1 aromatic heterocycles. The summed E-state index contributed by atoms with van der Waals surface area (Å²) in [6.45, 7) is 6.12. The van der Waals surface area contributed by atoms with Gasteiger partial charge in [0, 0.05) is 50.6 Å². The molecule has 0 aliphatic carbocycles. The van der Waals surface area contributed by atoms with Crippen molar-refractivity contribution < 1.29 is 14.6 Å². The second-order valence-electron chi connectivity index (χ2n) is 6.61. The van der Waals surface area contributed by atoms with Crippen molar-refractivity contribution >= 4 is 11.7 Å². The van der Waals surface area contributed by atoms with E-state index in [9.17, 15) is 9.90 Å². The average Bonchev–Trinajstić information content (AvgIpc) is 2.54. The van der Waals surface area contributed by atoms with E-state index in [0.717, 1.165) is 5.56 Å². The van der Waals surface area contributed by atoms with E-state index in [4.69, 9.17) is 4.74 Å². The van der Waals surface area contributed by atoms with Gasteiger partial charge in [0.1, 0.15) is 17.3 Å². The molecule has 1 amide bonds. The van der Waals surface area contributed by atoms with E-state index in [1.54, 1.807) is 0 Å². The Labute approximate surface area is 135 Å². The second kappa shape index (κ2) is 6.41. The molecule has 0 atom stereocenters. The van der Waals surface area contributed by atoms with Crippen molar-refractivity contribution in [3.8, 4) is 0 Å². The summed E-state index contributed by atoms with van der Waals surface area (Å²) >= 11 is 0. The van der Waals surface area contributed by atoms with Gasteiger partial charge in [-0.15, -0.1) is 0 Å². The summed E-state index contributed by atoms with van der Waals surface area (Å²) in [7, 11) is 0. The first-order chi connectivity index (χ1) is 11.0. The lowest BCUT2D eigenvalue weighted by Gasteiger charge is -2.32. The van der Waals surface area contributed by atoms with Crippen LogP contribution in [0, 0.1) is 0 Å². The lowest BCUT2D eigenvalue weighted by molar-refractivity contribution is -0.0543. The second-order valence-corrected chi connectivity index (χ2v) is 6.61. The molecule has 3 heterocycles. The molecule has 1 fully saturated rings. The molecule has 7 heteroatoms. The smallest absolute Gasteiger partial charge is 0.270 e. The van der Waals surface area contributed by atoms with Crippen molar-refractivity contribution in [2.75, 3.05) is 31.6 Å².